The van der Waals surface area contributed by atoms with Crippen LogP contribution in [0.3, 0.4) is 0 Å². The summed E-state index contributed by atoms with van der Waals surface area (Å²) in [7, 11) is -4.23. The predicted octanol–water partition coefficient (Wildman–Crippen LogP) is 1.62. The molecule has 1 aliphatic rings. The van der Waals surface area contributed by atoms with E-state index in [1.807, 2.05) is 0 Å². The first kappa shape index (κ1) is 19.3. The molecule has 0 spiro atoms. The highest BCUT2D eigenvalue weighted by atomic mass is 32.2. The zero-order valence-corrected chi connectivity index (χ0v) is 14.7. The SMILES string of the molecule is O=CNc1cc(C2=CCN(S(=O)(=O)NCC(F)(F)F)CC2)c2cc[nH]c2n1. The van der Waals surface area contributed by atoms with Gasteiger partial charge in [0.05, 0.1) is 0 Å². The summed E-state index contributed by atoms with van der Waals surface area (Å²) in [6, 6.07) is 3.47. The predicted molar refractivity (Wildman–Crippen MR) is 92.9 cm³/mol. The summed E-state index contributed by atoms with van der Waals surface area (Å²) >= 11 is 0. The first-order chi connectivity index (χ1) is 12.7. The fourth-order valence-electron chi connectivity index (χ4n) is 2.82. The number of amides is 1. The van der Waals surface area contributed by atoms with Gasteiger partial charge < -0.3 is 10.3 Å². The number of carbonyl (C=O) groups is 1. The Morgan fingerprint density at radius 3 is 2.78 bits per heavy atom. The van der Waals surface area contributed by atoms with Gasteiger partial charge in [-0.15, -0.1) is 0 Å². The van der Waals surface area contributed by atoms with Gasteiger partial charge in [0.2, 0.25) is 6.41 Å². The normalized spacial score (nSPS) is 16.3. The molecule has 1 amide bonds. The lowest BCUT2D eigenvalue weighted by Gasteiger charge is -2.26. The Morgan fingerprint density at radius 2 is 2.15 bits per heavy atom. The van der Waals surface area contributed by atoms with Crippen LogP contribution in [-0.2, 0) is 15.0 Å². The van der Waals surface area contributed by atoms with Crippen LogP contribution in [0.5, 0.6) is 0 Å². The molecule has 1 aliphatic heterocycles. The van der Waals surface area contributed by atoms with E-state index >= 15 is 0 Å². The van der Waals surface area contributed by atoms with Gasteiger partial charge in [-0.2, -0.15) is 30.6 Å². The summed E-state index contributed by atoms with van der Waals surface area (Å²) in [5.41, 5.74) is 2.14. The van der Waals surface area contributed by atoms with Crippen molar-refractivity contribution in [3.05, 3.63) is 30.0 Å². The summed E-state index contributed by atoms with van der Waals surface area (Å²) < 4.78 is 63.3. The van der Waals surface area contributed by atoms with Crippen molar-refractivity contribution >= 4 is 39.0 Å². The fraction of sp³-hybridized carbons (Fsp3) is 0.333. The number of alkyl halides is 3. The van der Waals surface area contributed by atoms with Crippen molar-refractivity contribution in [2.75, 3.05) is 25.0 Å². The fourth-order valence-corrected chi connectivity index (χ4v) is 3.95. The molecule has 146 valence electrons. The van der Waals surface area contributed by atoms with E-state index < -0.39 is 22.9 Å². The molecule has 3 heterocycles. The first-order valence-electron chi connectivity index (χ1n) is 7.89. The molecule has 0 aromatic carbocycles. The van der Waals surface area contributed by atoms with Gasteiger partial charge in [-0.3, -0.25) is 4.79 Å². The first-order valence-corrected chi connectivity index (χ1v) is 9.33. The molecular weight excluding hydrogens is 387 g/mol. The molecule has 27 heavy (non-hydrogen) atoms. The number of aromatic amines is 1. The molecular formula is C15H16F3N5O3S. The second-order valence-corrected chi connectivity index (χ2v) is 7.59. The van der Waals surface area contributed by atoms with Crippen molar-refractivity contribution in [2.45, 2.75) is 12.6 Å². The van der Waals surface area contributed by atoms with Crippen molar-refractivity contribution in [3.8, 4) is 0 Å². The Labute approximate surface area is 152 Å². The standard InChI is InChI=1S/C15H16F3N5O3S/c16-15(17,18)8-21-27(25,26)23-5-2-10(3-6-23)12-7-13(20-9-24)22-14-11(12)1-4-19-14/h1-2,4,7,9,21H,3,5-6,8H2,(H2,19,20,22,24). The van der Waals surface area contributed by atoms with Crippen LogP contribution < -0.4 is 10.0 Å². The zero-order chi connectivity index (χ0) is 19.7. The Hall–Kier alpha value is -2.44. The summed E-state index contributed by atoms with van der Waals surface area (Å²) in [5.74, 6) is 0.331. The van der Waals surface area contributed by atoms with Crippen LogP contribution in [0, 0.1) is 0 Å². The van der Waals surface area contributed by atoms with Gasteiger partial charge in [-0.05, 0) is 29.7 Å². The molecule has 0 atom stereocenters. The summed E-state index contributed by atoms with van der Waals surface area (Å²) in [5, 5.41) is 3.27. The molecule has 2 aromatic rings. The maximum absolute atomic E-state index is 12.3. The molecule has 0 unspecified atom stereocenters. The average Bonchev–Trinajstić information content (AvgIpc) is 3.08. The van der Waals surface area contributed by atoms with Gasteiger partial charge in [0, 0.05) is 24.7 Å². The number of halogens is 3. The Bertz CT molecular complexity index is 984. The molecule has 0 saturated heterocycles. The summed E-state index contributed by atoms with van der Waals surface area (Å²) in [6.45, 7) is -1.64. The summed E-state index contributed by atoms with van der Waals surface area (Å²) in [6.07, 6.45) is -0.493. The molecule has 12 heteroatoms. The molecule has 0 aliphatic carbocycles. The van der Waals surface area contributed by atoms with Crippen LogP contribution >= 0.6 is 0 Å². The lowest BCUT2D eigenvalue weighted by atomic mass is 9.98. The molecule has 8 nitrogen and oxygen atoms in total. The van der Waals surface area contributed by atoms with Gasteiger partial charge in [-0.1, -0.05) is 6.08 Å². The molecule has 0 bridgehead atoms. The van der Waals surface area contributed by atoms with E-state index in [1.165, 1.54) is 0 Å². The second kappa shape index (κ2) is 7.29. The molecule has 0 fully saturated rings. The van der Waals surface area contributed by atoms with Crippen LogP contribution in [0.4, 0.5) is 19.0 Å². The number of hydrogen-bond acceptors (Lipinski definition) is 4. The van der Waals surface area contributed by atoms with E-state index in [0.29, 0.717) is 24.3 Å². The van der Waals surface area contributed by atoms with Crippen LogP contribution in [0.1, 0.15) is 12.0 Å². The zero-order valence-electron chi connectivity index (χ0n) is 13.9. The van der Waals surface area contributed by atoms with Crippen LogP contribution in [-0.4, -0.2) is 54.9 Å². The number of anilines is 1. The third-order valence-corrected chi connectivity index (χ3v) is 5.57. The highest BCUT2D eigenvalue weighted by Crippen LogP contribution is 2.30. The number of fused-ring (bicyclic) bond motifs is 1. The van der Waals surface area contributed by atoms with Gasteiger partial charge in [0.25, 0.3) is 10.2 Å². The molecule has 2 aromatic heterocycles. The maximum Gasteiger partial charge on any atom is 0.402 e. The number of pyridine rings is 1. The minimum absolute atomic E-state index is 0.0315. The van der Waals surface area contributed by atoms with Crippen molar-refractivity contribution in [1.82, 2.24) is 19.0 Å². The Morgan fingerprint density at radius 1 is 1.37 bits per heavy atom. The summed E-state index contributed by atoms with van der Waals surface area (Å²) in [4.78, 5) is 17.9. The minimum atomic E-state index is -4.62. The van der Waals surface area contributed by atoms with Crippen LogP contribution in [0.15, 0.2) is 24.4 Å². The number of rotatable bonds is 6. The maximum atomic E-state index is 12.3. The van der Waals surface area contributed by atoms with E-state index in [0.717, 1.165) is 20.8 Å². The van der Waals surface area contributed by atoms with Crippen molar-refractivity contribution in [1.29, 1.82) is 0 Å². The van der Waals surface area contributed by atoms with Gasteiger partial charge in [-0.25, -0.2) is 4.98 Å². The third kappa shape index (κ3) is 4.46. The quantitative estimate of drug-likeness (QED) is 0.637. The molecule has 0 radical (unpaired) electrons. The highest BCUT2D eigenvalue weighted by molar-refractivity contribution is 7.87. The van der Waals surface area contributed by atoms with Crippen LogP contribution in [0.2, 0.25) is 0 Å². The number of aromatic nitrogens is 2. The highest BCUT2D eigenvalue weighted by Gasteiger charge is 2.32. The lowest BCUT2D eigenvalue weighted by molar-refractivity contribution is -0.121. The van der Waals surface area contributed by atoms with Gasteiger partial charge >= 0.3 is 6.18 Å². The Kier molecular flexibility index (Phi) is 5.22. The lowest BCUT2D eigenvalue weighted by Crippen LogP contribution is -2.45. The van der Waals surface area contributed by atoms with E-state index in [-0.39, 0.29) is 13.1 Å². The molecule has 0 saturated carbocycles. The smallest absolute Gasteiger partial charge is 0.346 e. The van der Waals surface area contributed by atoms with E-state index in [4.69, 9.17) is 0 Å². The Balaban J connectivity index is 1.82. The largest absolute Gasteiger partial charge is 0.402 e. The number of nitrogens with one attached hydrogen (secondary N) is 3. The molecule has 3 N–H and O–H groups in total. The topological polar surface area (TPSA) is 107 Å². The number of nitrogens with zero attached hydrogens (tertiary/aromatic N) is 2. The van der Waals surface area contributed by atoms with Gasteiger partial charge in [0.1, 0.15) is 18.0 Å². The van der Waals surface area contributed by atoms with Crippen molar-refractivity contribution in [3.63, 3.8) is 0 Å². The van der Waals surface area contributed by atoms with E-state index in [1.54, 1.807) is 29.1 Å². The van der Waals surface area contributed by atoms with Crippen molar-refractivity contribution in [2.24, 2.45) is 0 Å². The molecule has 3 rings (SSSR count). The van der Waals surface area contributed by atoms with E-state index in [2.05, 4.69) is 15.3 Å². The monoisotopic (exact) mass is 403 g/mol. The number of H-pyrrole nitrogens is 1. The third-order valence-electron chi connectivity index (χ3n) is 4.05. The number of hydrogen-bond donors (Lipinski definition) is 3. The number of carbonyl (C=O) groups excluding carboxylic acids is 1. The van der Waals surface area contributed by atoms with E-state index in [9.17, 15) is 26.4 Å². The van der Waals surface area contributed by atoms with Gasteiger partial charge in [0.15, 0.2) is 0 Å². The minimum Gasteiger partial charge on any atom is -0.346 e. The average molecular weight is 403 g/mol. The van der Waals surface area contributed by atoms with Crippen LogP contribution in [0.25, 0.3) is 16.6 Å². The second-order valence-electron chi connectivity index (χ2n) is 5.84. The van der Waals surface area contributed by atoms with Crippen molar-refractivity contribution < 1.29 is 26.4 Å².